The maximum absolute atomic E-state index is 6.07. The van der Waals surface area contributed by atoms with Gasteiger partial charge in [-0.3, -0.25) is 0 Å². The van der Waals surface area contributed by atoms with Gasteiger partial charge in [0.2, 0.25) is 0 Å². The summed E-state index contributed by atoms with van der Waals surface area (Å²) in [5, 5.41) is 7.32. The molecule has 3 nitrogen and oxygen atoms in total. The number of aromatic nitrogens is 2. The fourth-order valence-electron chi connectivity index (χ4n) is 8.16. The van der Waals surface area contributed by atoms with Gasteiger partial charge in [0, 0.05) is 43.7 Å². The van der Waals surface area contributed by atoms with Crippen LogP contribution in [0.25, 0.3) is 99.2 Å². The van der Waals surface area contributed by atoms with E-state index in [0.29, 0.717) is 0 Å². The van der Waals surface area contributed by atoms with Crippen molar-refractivity contribution in [3.63, 3.8) is 0 Å². The first-order valence-electron chi connectivity index (χ1n) is 17.4. The summed E-state index contributed by atoms with van der Waals surface area (Å²) in [5.74, 6) is 0. The first kappa shape index (κ1) is 28.0. The molecule has 51 heavy (non-hydrogen) atoms. The monoisotopic (exact) mass is 650 g/mol. The standard InChI is InChI=1S/C48H30N2O/c1-5-16-43-37(12-1)38-13-2-6-17-44(38)50(43)36-25-26-46-41(30-36)39-14-3-7-18-45(39)49(46)35-11-9-10-33(28-35)31-20-22-32(23-21-31)34-24-27-48-42(29-34)40-15-4-8-19-47(40)51-48/h1-30H. The first-order chi connectivity index (χ1) is 25.3. The summed E-state index contributed by atoms with van der Waals surface area (Å²) >= 11 is 0. The van der Waals surface area contributed by atoms with Crippen molar-refractivity contribution in [2.24, 2.45) is 0 Å². The van der Waals surface area contributed by atoms with Crippen molar-refractivity contribution in [2.45, 2.75) is 0 Å². The van der Waals surface area contributed by atoms with Gasteiger partial charge in [-0.25, -0.2) is 0 Å². The predicted molar refractivity (Wildman–Crippen MR) is 213 cm³/mol. The molecule has 0 atom stereocenters. The van der Waals surface area contributed by atoms with E-state index in [9.17, 15) is 0 Å². The summed E-state index contributed by atoms with van der Waals surface area (Å²) in [6.07, 6.45) is 0. The molecule has 0 fully saturated rings. The van der Waals surface area contributed by atoms with Crippen molar-refractivity contribution in [3.8, 4) is 33.6 Å². The second-order valence-corrected chi connectivity index (χ2v) is 13.4. The van der Waals surface area contributed by atoms with E-state index in [1.54, 1.807) is 0 Å². The molecular formula is C48H30N2O. The van der Waals surface area contributed by atoms with Crippen LogP contribution in [0.3, 0.4) is 0 Å². The number of fused-ring (bicyclic) bond motifs is 9. The van der Waals surface area contributed by atoms with Gasteiger partial charge in [0.25, 0.3) is 0 Å². The topological polar surface area (TPSA) is 23.0 Å². The molecule has 11 rings (SSSR count). The molecule has 8 aromatic carbocycles. The van der Waals surface area contributed by atoms with Crippen molar-refractivity contribution >= 4 is 65.6 Å². The Hall–Kier alpha value is -6.84. The Balaban J connectivity index is 1.01. The van der Waals surface area contributed by atoms with Crippen LogP contribution in [-0.2, 0) is 0 Å². The van der Waals surface area contributed by atoms with Crippen LogP contribution in [0, 0.1) is 0 Å². The lowest BCUT2D eigenvalue weighted by Gasteiger charge is -2.12. The molecule has 3 aromatic heterocycles. The van der Waals surface area contributed by atoms with E-state index in [1.807, 2.05) is 12.1 Å². The number of nitrogens with zero attached hydrogens (tertiary/aromatic N) is 2. The highest BCUT2D eigenvalue weighted by molar-refractivity contribution is 6.12. The number of hydrogen-bond donors (Lipinski definition) is 0. The van der Waals surface area contributed by atoms with E-state index in [2.05, 4.69) is 179 Å². The Labute approximate surface area is 293 Å². The molecule has 11 aromatic rings. The van der Waals surface area contributed by atoms with Crippen LogP contribution in [0.1, 0.15) is 0 Å². The lowest BCUT2D eigenvalue weighted by atomic mass is 9.99. The molecule has 0 unspecified atom stereocenters. The van der Waals surface area contributed by atoms with E-state index in [4.69, 9.17) is 4.42 Å². The molecule has 0 aliphatic carbocycles. The van der Waals surface area contributed by atoms with E-state index < -0.39 is 0 Å². The number of para-hydroxylation sites is 4. The first-order valence-corrected chi connectivity index (χ1v) is 17.4. The average molecular weight is 651 g/mol. The molecular weight excluding hydrogens is 621 g/mol. The molecule has 238 valence electrons. The Morgan fingerprint density at radius 2 is 0.765 bits per heavy atom. The van der Waals surface area contributed by atoms with Crippen LogP contribution in [0.15, 0.2) is 186 Å². The van der Waals surface area contributed by atoms with Crippen LogP contribution in [-0.4, -0.2) is 9.13 Å². The zero-order valence-corrected chi connectivity index (χ0v) is 27.6. The summed E-state index contributed by atoms with van der Waals surface area (Å²) in [6, 6.07) is 65.6. The molecule has 0 bridgehead atoms. The largest absolute Gasteiger partial charge is 0.456 e. The van der Waals surface area contributed by atoms with E-state index >= 15 is 0 Å². The fourth-order valence-corrected chi connectivity index (χ4v) is 8.16. The third-order valence-corrected chi connectivity index (χ3v) is 10.5. The third kappa shape index (κ3) is 4.25. The lowest BCUT2D eigenvalue weighted by Crippen LogP contribution is -1.96. The Kier molecular flexibility index (Phi) is 5.96. The zero-order chi connectivity index (χ0) is 33.5. The SMILES string of the molecule is c1cc(-c2ccc(-c3ccc4oc5ccccc5c4c3)cc2)cc(-n2c3ccccc3c3cc(-n4c5ccccc5c5ccccc54)ccc32)c1. The van der Waals surface area contributed by atoms with Gasteiger partial charge in [-0.05, 0) is 89.0 Å². The summed E-state index contributed by atoms with van der Waals surface area (Å²) in [5.41, 5.74) is 13.7. The molecule has 0 amide bonds. The van der Waals surface area contributed by atoms with Gasteiger partial charge in [-0.1, -0.05) is 115 Å². The van der Waals surface area contributed by atoms with Crippen LogP contribution in [0.5, 0.6) is 0 Å². The van der Waals surface area contributed by atoms with Crippen molar-refractivity contribution in [1.29, 1.82) is 0 Å². The minimum absolute atomic E-state index is 0.918. The number of hydrogen-bond acceptors (Lipinski definition) is 1. The van der Waals surface area contributed by atoms with Gasteiger partial charge in [0.15, 0.2) is 0 Å². The van der Waals surface area contributed by atoms with Gasteiger partial charge in [-0.15, -0.1) is 0 Å². The molecule has 0 saturated heterocycles. The normalized spacial score (nSPS) is 11.9. The molecule has 0 N–H and O–H groups in total. The van der Waals surface area contributed by atoms with Crippen molar-refractivity contribution in [1.82, 2.24) is 9.13 Å². The van der Waals surface area contributed by atoms with E-state index in [0.717, 1.165) is 33.3 Å². The van der Waals surface area contributed by atoms with E-state index in [-0.39, 0.29) is 0 Å². The molecule has 0 radical (unpaired) electrons. The summed E-state index contributed by atoms with van der Waals surface area (Å²) < 4.78 is 10.9. The predicted octanol–water partition coefficient (Wildman–Crippen LogP) is 13.1. The Morgan fingerprint density at radius 1 is 0.275 bits per heavy atom. The highest BCUT2D eigenvalue weighted by Crippen LogP contribution is 2.38. The number of benzene rings is 8. The molecule has 3 heteroatoms. The third-order valence-electron chi connectivity index (χ3n) is 10.5. The van der Waals surface area contributed by atoms with Gasteiger partial charge >= 0.3 is 0 Å². The van der Waals surface area contributed by atoms with Gasteiger partial charge in [-0.2, -0.15) is 0 Å². The summed E-state index contributed by atoms with van der Waals surface area (Å²) in [6.45, 7) is 0. The lowest BCUT2D eigenvalue weighted by molar-refractivity contribution is 0.669. The highest BCUT2D eigenvalue weighted by atomic mass is 16.3. The minimum Gasteiger partial charge on any atom is -0.456 e. The van der Waals surface area contributed by atoms with Crippen molar-refractivity contribution in [2.75, 3.05) is 0 Å². The molecule has 0 aliphatic rings. The second kappa shape index (κ2) is 10.8. The van der Waals surface area contributed by atoms with Crippen LogP contribution in [0.2, 0.25) is 0 Å². The molecule has 3 heterocycles. The van der Waals surface area contributed by atoms with Crippen molar-refractivity contribution in [3.05, 3.63) is 182 Å². The van der Waals surface area contributed by atoms with E-state index in [1.165, 1.54) is 65.9 Å². The second-order valence-electron chi connectivity index (χ2n) is 13.4. The Morgan fingerprint density at radius 3 is 1.43 bits per heavy atom. The van der Waals surface area contributed by atoms with Crippen LogP contribution >= 0.6 is 0 Å². The van der Waals surface area contributed by atoms with Gasteiger partial charge < -0.3 is 13.6 Å². The summed E-state index contributed by atoms with van der Waals surface area (Å²) in [4.78, 5) is 0. The Bertz CT molecular complexity index is 3080. The summed E-state index contributed by atoms with van der Waals surface area (Å²) in [7, 11) is 0. The molecule has 0 aliphatic heterocycles. The maximum atomic E-state index is 6.07. The molecule has 0 spiro atoms. The van der Waals surface area contributed by atoms with Crippen molar-refractivity contribution < 1.29 is 4.42 Å². The zero-order valence-electron chi connectivity index (χ0n) is 27.6. The quantitative estimate of drug-likeness (QED) is 0.186. The number of furan rings is 1. The average Bonchev–Trinajstić information content (AvgIpc) is 3.85. The fraction of sp³-hybridized carbons (Fsp3) is 0. The van der Waals surface area contributed by atoms with Gasteiger partial charge in [0.1, 0.15) is 11.2 Å². The smallest absolute Gasteiger partial charge is 0.135 e. The number of rotatable bonds is 4. The van der Waals surface area contributed by atoms with Gasteiger partial charge in [0.05, 0.1) is 22.1 Å². The highest BCUT2D eigenvalue weighted by Gasteiger charge is 2.17. The maximum Gasteiger partial charge on any atom is 0.135 e. The van der Waals surface area contributed by atoms with Crippen LogP contribution in [0.4, 0.5) is 0 Å². The molecule has 0 saturated carbocycles. The van der Waals surface area contributed by atoms with Crippen LogP contribution < -0.4 is 0 Å². The minimum atomic E-state index is 0.918.